The molecule has 0 saturated heterocycles. The number of carbonyl (C=O) groups is 1. The predicted octanol–water partition coefficient (Wildman–Crippen LogP) is 4.20. The van der Waals surface area contributed by atoms with E-state index in [0.29, 0.717) is 28.5 Å². The highest BCUT2D eigenvalue weighted by atomic mass is 32.2. The summed E-state index contributed by atoms with van der Waals surface area (Å²) in [6.45, 7) is 2.25. The fraction of sp³-hybridized carbons (Fsp3) is 0.158. The number of aromatic nitrogens is 3. The summed E-state index contributed by atoms with van der Waals surface area (Å²) in [4.78, 5) is 16.7. The van der Waals surface area contributed by atoms with Gasteiger partial charge in [-0.05, 0) is 43.3 Å². The number of aryl methyl sites for hydroxylation is 1. The third-order valence-corrected chi connectivity index (χ3v) is 5.82. The van der Waals surface area contributed by atoms with Crippen LogP contribution in [0.4, 0.5) is 4.39 Å². The van der Waals surface area contributed by atoms with Crippen molar-refractivity contribution < 1.29 is 13.6 Å². The van der Waals surface area contributed by atoms with Crippen molar-refractivity contribution in [3.63, 3.8) is 0 Å². The molecule has 9 heteroatoms. The highest BCUT2D eigenvalue weighted by Gasteiger charge is 2.17. The molecule has 4 rings (SSSR count). The van der Waals surface area contributed by atoms with Crippen LogP contribution in [0.3, 0.4) is 0 Å². The monoisotopic (exact) mass is 414 g/mol. The van der Waals surface area contributed by atoms with Crippen LogP contribution >= 0.6 is 23.1 Å². The number of amides is 1. The molecule has 3 aromatic heterocycles. The molecule has 0 bridgehead atoms. The lowest BCUT2D eigenvalue weighted by atomic mass is 10.1. The second-order valence-electron chi connectivity index (χ2n) is 5.92. The smallest absolute Gasteiger partial charge is 0.230 e. The van der Waals surface area contributed by atoms with Gasteiger partial charge < -0.3 is 9.73 Å². The van der Waals surface area contributed by atoms with E-state index >= 15 is 0 Å². The quantitative estimate of drug-likeness (QED) is 0.476. The zero-order valence-electron chi connectivity index (χ0n) is 14.8. The van der Waals surface area contributed by atoms with Crippen LogP contribution in [0.2, 0.25) is 0 Å². The molecule has 3 heterocycles. The number of benzene rings is 1. The predicted molar refractivity (Wildman–Crippen MR) is 107 cm³/mol. The van der Waals surface area contributed by atoms with Crippen molar-refractivity contribution in [2.45, 2.75) is 18.5 Å². The van der Waals surface area contributed by atoms with Crippen LogP contribution in [0.15, 0.2) is 52.1 Å². The molecule has 6 nitrogen and oxygen atoms in total. The van der Waals surface area contributed by atoms with Crippen LogP contribution < -0.4 is 5.32 Å². The lowest BCUT2D eigenvalue weighted by Crippen LogP contribution is -2.24. The number of nitrogens with zero attached hydrogens (tertiary/aromatic N) is 3. The SMILES string of the molecule is Cc1nc2c(SCC(=O)NCc3ccco3)nnc(-c3ccc(F)cc3)c2s1. The summed E-state index contributed by atoms with van der Waals surface area (Å²) in [5.74, 6) is 0.447. The van der Waals surface area contributed by atoms with E-state index in [1.165, 1.54) is 35.2 Å². The van der Waals surface area contributed by atoms with Crippen molar-refractivity contribution in [1.82, 2.24) is 20.5 Å². The van der Waals surface area contributed by atoms with Crippen LogP contribution in [0.5, 0.6) is 0 Å². The van der Waals surface area contributed by atoms with Crippen molar-refractivity contribution in [2.24, 2.45) is 0 Å². The Morgan fingerprint density at radius 2 is 2.07 bits per heavy atom. The van der Waals surface area contributed by atoms with Crippen molar-refractivity contribution in [2.75, 3.05) is 5.75 Å². The number of nitrogens with one attached hydrogen (secondary N) is 1. The second kappa shape index (κ2) is 8.07. The summed E-state index contributed by atoms with van der Waals surface area (Å²) >= 11 is 2.78. The Balaban J connectivity index is 1.52. The maximum Gasteiger partial charge on any atom is 0.230 e. The van der Waals surface area contributed by atoms with Gasteiger partial charge >= 0.3 is 0 Å². The first-order valence-corrected chi connectivity index (χ1v) is 10.2. The standard InChI is InChI=1S/C19H15FN4O2S2/c1-11-22-17-18(28-11)16(12-4-6-13(20)7-5-12)23-24-19(17)27-10-15(25)21-9-14-3-2-8-26-14/h2-8H,9-10H2,1H3,(H,21,25). The third kappa shape index (κ3) is 4.05. The normalized spacial score (nSPS) is 11.1. The van der Waals surface area contributed by atoms with Crippen LogP contribution in [-0.2, 0) is 11.3 Å². The number of furan rings is 1. The summed E-state index contributed by atoms with van der Waals surface area (Å²) in [5.41, 5.74) is 2.14. The molecule has 0 aliphatic rings. The van der Waals surface area contributed by atoms with Crippen molar-refractivity contribution in [3.8, 4) is 11.3 Å². The maximum absolute atomic E-state index is 13.2. The molecule has 0 saturated carbocycles. The highest BCUT2D eigenvalue weighted by molar-refractivity contribution is 8.00. The number of thioether (sulfide) groups is 1. The zero-order chi connectivity index (χ0) is 19.5. The maximum atomic E-state index is 13.2. The number of thiazole rings is 1. The van der Waals surface area contributed by atoms with Crippen LogP contribution in [0.25, 0.3) is 21.5 Å². The number of fused-ring (bicyclic) bond motifs is 1. The highest BCUT2D eigenvalue weighted by Crippen LogP contribution is 2.35. The fourth-order valence-electron chi connectivity index (χ4n) is 2.60. The summed E-state index contributed by atoms with van der Waals surface area (Å²) in [5, 5.41) is 12.8. The van der Waals surface area contributed by atoms with Gasteiger partial charge in [-0.3, -0.25) is 4.79 Å². The van der Waals surface area contributed by atoms with Gasteiger partial charge in [-0.2, -0.15) is 0 Å². The van der Waals surface area contributed by atoms with Gasteiger partial charge in [0.15, 0.2) is 0 Å². The zero-order valence-corrected chi connectivity index (χ0v) is 16.4. The molecule has 0 aliphatic carbocycles. The van der Waals surface area contributed by atoms with Gasteiger partial charge in [-0.25, -0.2) is 9.37 Å². The molecule has 142 valence electrons. The van der Waals surface area contributed by atoms with E-state index in [-0.39, 0.29) is 17.5 Å². The van der Waals surface area contributed by atoms with Gasteiger partial charge in [0.1, 0.15) is 27.8 Å². The molecule has 1 N–H and O–H groups in total. The Morgan fingerprint density at radius 3 is 2.82 bits per heavy atom. The minimum atomic E-state index is -0.304. The average Bonchev–Trinajstić information content (AvgIpc) is 3.34. The van der Waals surface area contributed by atoms with Gasteiger partial charge in [-0.15, -0.1) is 21.5 Å². The summed E-state index contributed by atoms with van der Waals surface area (Å²) < 4.78 is 19.3. The summed E-state index contributed by atoms with van der Waals surface area (Å²) in [6.07, 6.45) is 1.57. The molecule has 1 amide bonds. The number of carbonyl (C=O) groups excluding carboxylic acids is 1. The molecule has 0 aliphatic heterocycles. The Labute approximate surface area is 168 Å². The fourth-order valence-corrected chi connectivity index (χ4v) is 4.34. The molecule has 0 unspecified atom stereocenters. The average molecular weight is 414 g/mol. The molecular weight excluding hydrogens is 399 g/mol. The molecule has 28 heavy (non-hydrogen) atoms. The first-order chi connectivity index (χ1) is 13.6. The van der Waals surface area contributed by atoms with Gasteiger partial charge in [0.25, 0.3) is 0 Å². The van der Waals surface area contributed by atoms with E-state index in [4.69, 9.17) is 4.42 Å². The van der Waals surface area contributed by atoms with E-state index < -0.39 is 0 Å². The van der Waals surface area contributed by atoms with Crippen molar-refractivity contribution in [1.29, 1.82) is 0 Å². The number of hydrogen-bond acceptors (Lipinski definition) is 7. The molecule has 0 fully saturated rings. The molecule has 0 radical (unpaired) electrons. The molecular formula is C19H15FN4O2S2. The number of rotatable bonds is 6. The Morgan fingerprint density at radius 1 is 1.25 bits per heavy atom. The van der Waals surface area contributed by atoms with Crippen LogP contribution in [-0.4, -0.2) is 26.8 Å². The molecule has 0 spiro atoms. The lowest BCUT2D eigenvalue weighted by Gasteiger charge is -2.06. The van der Waals surface area contributed by atoms with Gasteiger partial charge in [-0.1, -0.05) is 11.8 Å². The van der Waals surface area contributed by atoms with Gasteiger partial charge in [0, 0.05) is 5.56 Å². The third-order valence-electron chi connectivity index (χ3n) is 3.89. The minimum absolute atomic E-state index is 0.133. The van der Waals surface area contributed by atoms with Crippen LogP contribution in [0.1, 0.15) is 10.8 Å². The minimum Gasteiger partial charge on any atom is -0.467 e. The van der Waals surface area contributed by atoms with E-state index in [1.807, 2.05) is 6.92 Å². The second-order valence-corrected chi connectivity index (χ2v) is 8.08. The Bertz CT molecular complexity index is 1110. The first-order valence-electron chi connectivity index (χ1n) is 8.42. The van der Waals surface area contributed by atoms with E-state index in [0.717, 1.165) is 15.3 Å². The molecule has 4 aromatic rings. The summed E-state index contributed by atoms with van der Waals surface area (Å²) in [7, 11) is 0. The topological polar surface area (TPSA) is 80.9 Å². The van der Waals surface area contributed by atoms with Gasteiger partial charge in [0.05, 0.1) is 28.3 Å². The molecule has 1 aromatic carbocycles. The van der Waals surface area contributed by atoms with E-state index in [9.17, 15) is 9.18 Å². The van der Waals surface area contributed by atoms with E-state index in [1.54, 1.807) is 30.5 Å². The van der Waals surface area contributed by atoms with Crippen molar-refractivity contribution >= 4 is 39.2 Å². The lowest BCUT2D eigenvalue weighted by molar-refractivity contribution is -0.118. The largest absolute Gasteiger partial charge is 0.467 e. The number of halogens is 1. The summed E-state index contributed by atoms with van der Waals surface area (Å²) in [6, 6.07) is 9.70. The number of hydrogen-bond donors (Lipinski definition) is 1. The first kappa shape index (κ1) is 18.6. The Hall–Kier alpha value is -2.78. The van der Waals surface area contributed by atoms with Gasteiger partial charge in [0.2, 0.25) is 5.91 Å². The molecule has 0 atom stereocenters. The van der Waals surface area contributed by atoms with E-state index in [2.05, 4.69) is 20.5 Å². The van der Waals surface area contributed by atoms with Crippen molar-refractivity contribution in [3.05, 3.63) is 59.2 Å². The Kier molecular flexibility index (Phi) is 5.36. The van der Waals surface area contributed by atoms with Crippen LogP contribution in [0, 0.1) is 12.7 Å².